The van der Waals surface area contributed by atoms with E-state index >= 15 is 0 Å². The number of fused-ring (bicyclic) bond motifs is 2. The highest BCUT2D eigenvalue weighted by Crippen LogP contribution is 2.33. The van der Waals surface area contributed by atoms with E-state index in [0.29, 0.717) is 6.42 Å². The van der Waals surface area contributed by atoms with Gasteiger partial charge in [0, 0.05) is 0 Å². The highest BCUT2D eigenvalue weighted by atomic mass is 16.3. The molecular weight excluding hydrogens is 232 g/mol. The first-order valence-electron chi connectivity index (χ1n) is 6.82. The quantitative estimate of drug-likeness (QED) is 0.810. The molecule has 1 nitrogen and oxygen atoms in total. The van der Waals surface area contributed by atoms with E-state index in [-0.39, 0.29) is 0 Å². The van der Waals surface area contributed by atoms with E-state index in [4.69, 9.17) is 0 Å². The van der Waals surface area contributed by atoms with Crippen LogP contribution in [0.25, 0.3) is 12.2 Å². The molecule has 2 aliphatic rings. The summed E-state index contributed by atoms with van der Waals surface area (Å²) in [6, 6.07) is 8.20. The van der Waals surface area contributed by atoms with Crippen LogP contribution in [0.5, 0.6) is 0 Å². The van der Waals surface area contributed by atoms with Gasteiger partial charge in [-0.05, 0) is 40.5 Å². The van der Waals surface area contributed by atoms with Crippen molar-refractivity contribution in [1.82, 2.24) is 0 Å². The standard InChI is InChI=1S/C18H18O/c1-2-18(19)13-16-9-4-3-7-14(16)11-12-15-8-5-6-10-17(15)18/h3-7,9-13,19H,2,8H2,1H3/b14-11-,15-12-,16-13-. The predicted octanol–water partition coefficient (Wildman–Crippen LogP) is 2.21. The summed E-state index contributed by atoms with van der Waals surface area (Å²) in [6.07, 6.45) is 14.1. The zero-order valence-electron chi connectivity index (χ0n) is 11.1. The van der Waals surface area contributed by atoms with Gasteiger partial charge in [-0.3, -0.25) is 0 Å². The fraction of sp³-hybridized carbons (Fsp3) is 0.222. The Bertz CT molecular complexity index is 703. The molecule has 3 rings (SSSR count). The lowest BCUT2D eigenvalue weighted by Gasteiger charge is -2.30. The summed E-state index contributed by atoms with van der Waals surface area (Å²) < 4.78 is 0. The van der Waals surface area contributed by atoms with Gasteiger partial charge in [0.1, 0.15) is 5.60 Å². The summed E-state index contributed by atoms with van der Waals surface area (Å²) in [5.74, 6) is 0. The molecule has 1 aromatic carbocycles. The van der Waals surface area contributed by atoms with Crippen molar-refractivity contribution in [3.8, 4) is 0 Å². The lowest BCUT2D eigenvalue weighted by atomic mass is 9.80. The maximum absolute atomic E-state index is 11.0. The van der Waals surface area contributed by atoms with E-state index in [0.717, 1.165) is 22.4 Å². The molecule has 0 bridgehead atoms. The molecule has 96 valence electrons. The van der Waals surface area contributed by atoms with Gasteiger partial charge in [-0.25, -0.2) is 0 Å². The fourth-order valence-corrected chi connectivity index (χ4v) is 2.77. The average molecular weight is 250 g/mol. The predicted molar refractivity (Wildman–Crippen MR) is 79.8 cm³/mol. The first-order valence-corrected chi connectivity index (χ1v) is 6.82. The maximum atomic E-state index is 11.0. The van der Waals surface area contributed by atoms with Crippen LogP contribution in [-0.4, -0.2) is 10.7 Å². The van der Waals surface area contributed by atoms with Gasteiger partial charge in [0.05, 0.1) is 0 Å². The monoisotopic (exact) mass is 250 g/mol. The molecule has 2 aliphatic carbocycles. The summed E-state index contributed by atoms with van der Waals surface area (Å²) in [6.45, 7) is 2.03. The third kappa shape index (κ3) is 2.11. The van der Waals surface area contributed by atoms with Crippen LogP contribution in [0.2, 0.25) is 0 Å². The van der Waals surface area contributed by atoms with Crippen molar-refractivity contribution in [2.45, 2.75) is 25.4 Å². The van der Waals surface area contributed by atoms with Gasteiger partial charge < -0.3 is 5.11 Å². The molecule has 0 saturated carbocycles. The molecule has 0 aromatic heterocycles. The van der Waals surface area contributed by atoms with Gasteiger partial charge in [0.2, 0.25) is 0 Å². The SMILES string of the molecule is CCC1(O)/C=c2/cccc/c2=C/C=C2/CC=CC=C21. The number of benzene rings is 1. The van der Waals surface area contributed by atoms with Crippen LogP contribution in [0.15, 0.2) is 59.7 Å². The fourth-order valence-electron chi connectivity index (χ4n) is 2.77. The van der Waals surface area contributed by atoms with Gasteiger partial charge in [0.15, 0.2) is 0 Å². The van der Waals surface area contributed by atoms with Gasteiger partial charge in [-0.1, -0.05) is 61.6 Å². The maximum Gasteiger partial charge on any atom is 0.109 e. The Hall–Kier alpha value is -1.86. The third-order valence-corrected chi connectivity index (χ3v) is 3.94. The summed E-state index contributed by atoms with van der Waals surface area (Å²) in [7, 11) is 0. The van der Waals surface area contributed by atoms with E-state index in [1.807, 2.05) is 37.3 Å². The molecule has 0 fully saturated rings. The Morgan fingerprint density at radius 3 is 2.68 bits per heavy atom. The second-order valence-corrected chi connectivity index (χ2v) is 5.12. The highest BCUT2D eigenvalue weighted by Gasteiger charge is 2.29. The van der Waals surface area contributed by atoms with E-state index in [1.165, 1.54) is 5.57 Å². The van der Waals surface area contributed by atoms with Crippen molar-refractivity contribution < 1.29 is 5.11 Å². The van der Waals surface area contributed by atoms with Crippen LogP contribution in [-0.2, 0) is 0 Å². The molecule has 0 amide bonds. The van der Waals surface area contributed by atoms with Gasteiger partial charge >= 0.3 is 0 Å². The zero-order valence-corrected chi connectivity index (χ0v) is 11.1. The second-order valence-electron chi connectivity index (χ2n) is 5.12. The number of hydrogen-bond acceptors (Lipinski definition) is 1. The summed E-state index contributed by atoms with van der Waals surface area (Å²) >= 11 is 0. The van der Waals surface area contributed by atoms with Crippen molar-refractivity contribution in [3.63, 3.8) is 0 Å². The lowest BCUT2D eigenvalue weighted by molar-refractivity contribution is 0.143. The lowest BCUT2D eigenvalue weighted by Crippen LogP contribution is -2.36. The average Bonchev–Trinajstić information content (AvgIpc) is 2.45. The van der Waals surface area contributed by atoms with Crippen molar-refractivity contribution >= 4 is 12.2 Å². The minimum absolute atomic E-state index is 0.679. The van der Waals surface area contributed by atoms with Crippen molar-refractivity contribution in [2.75, 3.05) is 0 Å². The Labute approximate surface area is 113 Å². The molecule has 0 spiro atoms. The minimum atomic E-state index is -0.874. The Balaban J connectivity index is 2.34. The first-order chi connectivity index (χ1) is 9.23. The number of aliphatic hydroxyl groups is 1. The first kappa shape index (κ1) is 12.2. The molecular formula is C18H18O. The van der Waals surface area contributed by atoms with Crippen molar-refractivity contribution in [1.29, 1.82) is 0 Å². The molecule has 1 aromatic rings. The van der Waals surface area contributed by atoms with Gasteiger partial charge in [0.25, 0.3) is 0 Å². The Morgan fingerprint density at radius 2 is 1.89 bits per heavy atom. The smallest absolute Gasteiger partial charge is 0.109 e. The van der Waals surface area contributed by atoms with E-state index in [1.54, 1.807) is 0 Å². The summed E-state index contributed by atoms with van der Waals surface area (Å²) in [5, 5.41) is 13.3. The molecule has 0 aliphatic heterocycles. The van der Waals surface area contributed by atoms with Gasteiger partial charge in [-0.15, -0.1) is 0 Å². The van der Waals surface area contributed by atoms with Crippen molar-refractivity contribution in [2.24, 2.45) is 0 Å². The van der Waals surface area contributed by atoms with E-state index in [2.05, 4.69) is 30.4 Å². The van der Waals surface area contributed by atoms with Crippen LogP contribution in [0.3, 0.4) is 0 Å². The minimum Gasteiger partial charge on any atom is -0.381 e. The molecule has 19 heavy (non-hydrogen) atoms. The van der Waals surface area contributed by atoms with Crippen LogP contribution in [0.1, 0.15) is 19.8 Å². The summed E-state index contributed by atoms with van der Waals surface area (Å²) in [4.78, 5) is 0. The topological polar surface area (TPSA) is 20.2 Å². The highest BCUT2D eigenvalue weighted by molar-refractivity contribution is 5.61. The Kier molecular flexibility index (Phi) is 3.00. The zero-order chi connectivity index (χ0) is 13.3. The van der Waals surface area contributed by atoms with Crippen LogP contribution >= 0.6 is 0 Å². The number of rotatable bonds is 1. The number of allylic oxidation sites excluding steroid dienone is 4. The molecule has 0 saturated heterocycles. The molecule has 1 N–H and O–H groups in total. The second kappa shape index (κ2) is 4.67. The third-order valence-electron chi connectivity index (χ3n) is 3.94. The van der Waals surface area contributed by atoms with E-state index < -0.39 is 5.60 Å². The van der Waals surface area contributed by atoms with Crippen molar-refractivity contribution in [3.05, 3.63) is 70.2 Å². The molecule has 1 heteroatoms. The number of hydrogen-bond donors (Lipinski definition) is 1. The van der Waals surface area contributed by atoms with Crippen LogP contribution in [0, 0.1) is 0 Å². The normalized spacial score (nSPS) is 31.1. The summed E-state index contributed by atoms with van der Waals surface area (Å²) in [5.41, 5.74) is 1.36. The van der Waals surface area contributed by atoms with Crippen LogP contribution < -0.4 is 10.4 Å². The molecule has 0 heterocycles. The molecule has 0 radical (unpaired) electrons. The van der Waals surface area contributed by atoms with Gasteiger partial charge in [-0.2, -0.15) is 0 Å². The largest absolute Gasteiger partial charge is 0.381 e. The van der Waals surface area contributed by atoms with Crippen LogP contribution in [0.4, 0.5) is 0 Å². The molecule has 1 atom stereocenters. The van der Waals surface area contributed by atoms with E-state index in [9.17, 15) is 5.11 Å². The Morgan fingerprint density at radius 1 is 1.11 bits per heavy atom. The molecule has 1 unspecified atom stereocenters.